The van der Waals surface area contributed by atoms with Crippen molar-refractivity contribution in [1.82, 2.24) is 10.3 Å². The van der Waals surface area contributed by atoms with E-state index in [1.54, 1.807) is 12.4 Å². The predicted molar refractivity (Wildman–Crippen MR) is 123 cm³/mol. The van der Waals surface area contributed by atoms with Gasteiger partial charge in [-0.05, 0) is 43.0 Å². The Morgan fingerprint density at radius 2 is 1.87 bits per heavy atom. The molecular weight excluding hydrogens is 379 g/mol. The lowest BCUT2D eigenvalue weighted by Gasteiger charge is -2.21. The highest BCUT2D eigenvalue weighted by atomic mass is 19.1. The number of aromatic amines is 1. The van der Waals surface area contributed by atoms with Gasteiger partial charge in [0.2, 0.25) is 0 Å². The van der Waals surface area contributed by atoms with Crippen LogP contribution in [0.2, 0.25) is 0 Å². The van der Waals surface area contributed by atoms with E-state index in [9.17, 15) is 4.39 Å². The summed E-state index contributed by atoms with van der Waals surface area (Å²) in [7, 11) is 1.47. The minimum Gasteiger partial charge on any atom is -0.494 e. The van der Waals surface area contributed by atoms with Gasteiger partial charge in [0.05, 0.1) is 19.1 Å². The van der Waals surface area contributed by atoms with Crippen molar-refractivity contribution in [1.29, 1.82) is 0 Å². The van der Waals surface area contributed by atoms with Crippen LogP contribution in [0.15, 0.2) is 41.2 Å². The van der Waals surface area contributed by atoms with E-state index in [-0.39, 0.29) is 5.82 Å². The molecule has 1 aliphatic heterocycles. The first-order chi connectivity index (χ1) is 14.5. The maximum atomic E-state index is 13.0. The molecule has 5 nitrogen and oxygen atoms in total. The van der Waals surface area contributed by atoms with Gasteiger partial charge in [-0.25, -0.2) is 9.38 Å². The van der Waals surface area contributed by atoms with Crippen molar-refractivity contribution in [3.63, 3.8) is 0 Å². The minimum absolute atomic E-state index is 0.275. The summed E-state index contributed by atoms with van der Waals surface area (Å²) in [6, 6.07) is 7.12. The molecule has 1 aliphatic rings. The van der Waals surface area contributed by atoms with Gasteiger partial charge in [-0.1, -0.05) is 46.1 Å². The van der Waals surface area contributed by atoms with E-state index in [0.29, 0.717) is 11.7 Å². The molecule has 0 spiro atoms. The van der Waals surface area contributed by atoms with Gasteiger partial charge < -0.3 is 20.8 Å². The van der Waals surface area contributed by atoms with Crippen molar-refractivity contribution in [2.45, 2.75) is 59.3 Å². The van der Waals surface area contributed by atoms with E-state index in [2.05, 4.69) is 36.1 Å². The Balaban J connectivity index is 0.000000232. The molecule has 0 unspecified atom stereocenters. The number of hydrogen-bond acceptors (Lipinski definition) is 4. The number of aliphatic imine (C=N–C) groups is 1. The third-order valence-corrected chi connectivity index (χ3v) is 5.15. The highest BCUT2D eigenvalue weighted by Crippen LogP contribution is 2.31. The largest absolute Gasteiger partial charge is 0.494 e. The van der Waals surface area contributed by atoms with Crippen LogP contribution in [0.5, 0.6) is 5.75 Å². The zero-order valence-corrected chi connectivity index (χ0v) is 18.6. The summed E-state index contributed by atoms with van der Waals surface area (Å²) in [5, 5.41) is 3.20. The molecule has 3 rings (SSSR count). The van der Waals surface area contributed by atoms with Crippen molar-refractivity contribution in [2.24, 2.45) is 16.6 Å². The second kappa shape index (κ2) is 12.1. The summed E-state index contributed by atoms with van der Waals surface area (Å²) in [6.45, 7) is 6.48. The number of allylic oxidation sites excluding steroid dienone is 1. The lowest BCUT2D eigenvalue weighted by Crippen LogP contribution is -2.22. The zero-order valence-electron chi connectivity index (χ0n) is 18.6. The number of aromatic nitrogens is 1. The molecule has 1 aromatic carbocycles. The number of H-pyrrole nitrogens is 1. The third-order valence-electron chi connectivity index (χ3n) is 5.15. The van der Waals surface area contributed by atoms with Crippen LogP contribution < -0.4 is 15.8 Å². The minimum atomic E-state index is -0.275. The molecule has 0 fully saturated rings. The number of rotatable bonds is 8. The molecular formula is C24H35FN4O. The number of methoxy groups -OCH3 is 1. The number of nitrogens with one attached hydrogen (secondary N) is 2. The molecule has 2 heterocycles. The molecule has 0 saturated heterocycles. The van der Waals surface area contributed by atoms with E-state index in [1.165, 1.54) is 13.2 Å². The third kappa shape index (κ3) is 6.12. The normalized spacial score (nSPS) is 13.9. The van der Waals surface area contributed by atoms with E-state index in [0.717, 1.165) is 66.9 Å². The molecule has 0 amide bonds. The number of fused-ring (bicyclic) bond motifs is 1. The van der Waals surface area contributed by atoms with Gasteiger partial charge in [0, 0.05) is 23.4 Å². The van der Waals surface area contributed by atoms with Crippen LogP contribution >= 0.6 is 0 Å². The predicted octanol–water partition coefficient (Wildman–Crippen LogP) is 5.91. The number of nitrogens with two attached hydrogens (primary N) is 1. The molecule has 2 aromatic rings. The van der Waals surface area contributed by atoms with Crippen LogP contribution in [0.4, 0.5) is 10.2 Å². The molecule has 6 heteroatoms. The Morgan fingerprint density at radius 3 is 2.47 bits per heavy atom. The van der Waals surface area contributed by atoms with Gasteiger partial charge in [0.15, 0.2) is 11.6 Å². The van der Waals surface area contributed by atoms with E-state index < -0.39 is 0 Å². The number of ether oxygens (including phenoxy) is 1. The van der Waals surface area contributed by atoms with Gasteiger partial charge >= 0.3 is 0 Å². The number of nitrogens with zero attached hydrogens (tertiary/aromatic N) is 1. The number of halogens is 1. The maximum absolute atomic E-state index is 13.0. The first kappa shape index (κ1) is 23.5. The number of hydrogen-bond donors (Lipinski definition) is 3. The standard InChI is InChI=1S/C14H22N4.C10H13FO/c1-3-5-10(6-4-2)12(15)13-11-7-8-16-14(11)18-9-17-13;1-3-4-8-5-6-10(12-2)9(11)7-8/h7-10,16H,3-6,15H2,1-2H3,(H,17,18);5-7H,3-4H2,1-2H3/b13-12-;. The summed E-state index contributed by atoms with van der Waals surface area (Å²) in [6.07, 6.45) is 10.2. The fraction of sp³-hybridized carbons (Fsp3) is 0.458. The fourth-order valence-electron chi connectivity index (χ4n) is 3.66. The fourth-order valence-corrected chi connectivity index (χ4v) is 3.66. The first-order valence-corrected chi connectivity index (χ1v) is 10.8. The molecule has 0 bridgehead atoms. The molecule has 0 saturated carbocycles. The van der Waals surface area contributed by atoms with Gasteiger partial charge in [0.1, 0.15) is 5.82 Å². The van der Waals surface area contributed by atoms with Gasteiger partial charge in [0.25, 0.3) is 0 Å². The monoisotopic (exact) mass is 414 g/mol. The van der Waals surface area contributed by atoms with Crippen LogP contribution in [-0.2, 0) is 6.42 Å². The Morgan fingerprint density at radius 1 is 1.13 bits per heavy atom. The van der Waals surface area contributed by atoms with Crippen molar-refractivity contribution < 1.29 is 9.13 Å². The van der Waals surface area contributed by atoms with E-state index in [4.69, 9.17) is 10.5 Å². The van der Waals surface area contributed by atoms with Crippen molar-refractivity contribution in [2.75, 3.05) is 7.11 Å². The summed E-state index contributed by atoms with van der Waals surface area (Å²) >= 11 is 0. The molecule has 164 valence electrons. The van der Waals surface area contributed by atoms with E-state index in [1.807, 2.05) is 18.3 Å². The summed E-state index contributed by atoms with van der Waals surface area (Å²) < 4.78 is 17.9. The summed E-state index contributed by atoms with van der Waals surface area (Å²) in [5.41, 5.74) is 10.5. The first-order valence-electron chi connectivity index (χ1n) is 10.8. The molecule has 30 heavy (non-hydrogen) atoms. The Hall–Kier alpha value is -2.76. The van der Waals surface area contributed by atoms with Crippen molar-refractivity contribution in [3.05, 3.63) is 53.1 Å². The highest BCUT2D eigenvalue weighted by molar-refractivity contribution is 5.87. The molecule has 0 atom stereocenters. The molecule has 1 aromatic heterocycles. The Labute approximate surface area is 179 Å². The Kier molecular flexibility index (Phi) is 9.45. The molecule has 0 aliphatic carbocycles. The molecule has 4 N–H and O–H groups in total. The topological polar surface area (TPSA) is 75.4 Å². The second-order valence-corrected chi connectivity index (χ2v) is 7.47. The van der Waals surface area contributed by atoms with Crippen LogP contribution in [0.25, 0.3) is 5.70 Å². The number of aryl methyl sites for hydroxylation is 1. The summed E-state index contributed by atoms with van der Waals surface area (Å²) in [5.74, 6) is 1.38. The molecule has 0 radical (unpaired) electrons. The maximum Gasteiger partial charge on any atom is 0.165 e. The van der Waals surface area contributed by atoms with Crippen LogP contribution in [-0.4, -0.2) is 18.4 Å². The van der Waals surface area contributed by atoms with Crippen LogP contribution in [0, 0.1) is 11.7 Å². The SMILES string of the molecule is CCCC(CCC)/C(N)=C1/NC=Nc2[nH]ccc21.CCCc1ccc(OC)c(F)c1. The van der Waals surface area contributed by atoms with Gasteiger partial charge in [-0.15, -0.1) is 0 Å². The van der Waals surface area contributed by atoms with Crippen LogP contribution in [0.3, 0.4) is 0 Å². The van der Waals surface area contributed by atoms with Gasteiger partial charge in [-0.2, -0.15) is 0 Å². The second-order valence-electron chi connectivity index (χ2n) is 7.47. The zero-order chi connectivity index (χ0) is 21.9. The van der Waals surface area contributed by atoms with Crippen molar-refractivity contribution in [3.8, 4) is 5.75 Å². The average Bonchev–Trinajstić information content (AvgIpc) is 3.23. The summed E-state index contributed by atoms with van der Waals surface area (Å²) in [4.78, 5) is 7.37. The lowest BCUT2D eigenvalue weighted by molar-refractivity contribution is 0.386. The average molecular weight is 415 g/mol. The quantitative estimate of drug-likeness (QED) is 0.503. The smallest absolute Gasteiger partial charge is 0.165 e. The van der Waals surface area contributed by atoms with E-state index >= 15 is 0 Å². The lowest BCUT2D eigenvalue weighted by atomic mass is 9.92. The number of benzene rings is 1. The highest BCUT2D eigenvalue weighted by Gasteiger charge is 2.19. The van der Waals surface area contributed by atoms with Crippen LogP contribution in [0.1, 0.15) is 64.0 Å². The van der Waals surface area contributed by atoms with Crippen molar-refractivity contribution >= 4 is 17.9 Å². The Bertz CT molecular complexity index is 851. The van der Waals surface area contributed by atoms with Gasteiger partial charge in [-0.3, -0.25) is 0 Å².